The Morgan fingerprint density at radius 3 is 2.29 bits per heavy atom. The van der Waals surface area contributed by atoms with Crippen LogP contribution < -0.4 is 10.1 Å². The third-order valence-electron chi connectivity index (χ3n) is 5.26. The zero-order valence-corrected chi connectivity index (χ0v) is 20.0. The van der Waals surface area contributed by atoms with Gasteiger partial charge in [-0.2, -0.15) is 0 Å². The third kappa shape index (κ3) is 7.15. The molecule has 7 heteroatoms. The molecule has 0 saturated heterocycles. The van der Waals surface area contributed by atoms with Crippen LogP contribution in [-0.2, 0) is 22.6 Å². The van der Waals surface area contributed by atoms with Crippen LogP contribution in [0.1, 0.15) is 44.7 Å². The van der Waals surface area contributed by atoms with Gasteiger partial charge in [-0.15, -0.1) is 0 Å². The number of benzene rings is 2. The zero-order valence-electron chi connectivity index (χ0n) is 18.5. The minimum atomic E-state index is -0.588. The van der Waals surface area contributed by atoms with Crippen LogP contribution in [0, 0.1) is 0 Å². The van der Waals surface area contributed by atoms with Crippen LogP contribution in [0.5, 0.6) is 5.75 Å². The van der Waals surface area contributed by atoms with Gasteiger partial charge in [0.05, 0.1) is 13.5 Å². The Kier molecular flexibility index (Phi) is 9.66. The van der Waals surface area contributed by atoms with Crippen molar-refractivity contribution in [3.8, 4) is 5.75 Å². The van der Waals surface area contributed by atoms with Crippen LogP contribution in [0.4, 0.5) is 0 Å². The van der Waals surface area contributed by atoms with Crippen molar-refractivity contribution < 1.29 is 14.3 Å². The van der Waals surface area contributed by atoms with E-state index in [4.69, 9.17) is 27.9 Å². The van der Waals surface area contributed by atoms with E-state index in [2.05, 4.69) is 5.32 Å². The van der Waals surface area contributed by atoms with Gasteiger partial charge in [-0.25, -0.2) is 0 Å². The predicted molar refractivity (Wildman–Crippen MR) is 126 cm³/mol. The van der Waals surface area contributed by atoms with E-state index in [-0.39, 0.29) is 24.3 Å². The molecule has 0 aliphatic carbocycles. The van der Waals surface area contributed by atoms with E-state index in [9.17, 15) is 9.59 Å². The predicted octanol–water partition coefficient (Wildman–Crippen LogP) is 5.27. The van der Waals surface area contributed by atoms with Crippen molar-refractivity contribution in [2.24, 2.45) is 0 Å². The van der Waals surface area contributed by atoms with Gasteiger partial charge >= 0.3 is 0 Å². The number of hydrogen-bond donors (Lipinski definition) is 1. The van der Waals surface area contributed by atoms with E-state index in [1.54, 1.807) is 30.2 Å². The van der Waals surface area contributed by atoms with Gasteiger partial charge in [-0.1, -0.05) is 55.2 Å². The molecule has 0 aliphatic rings. The Morgan fingerprint density at radius 1 is 1.06 bits per heavy atom. The Bertz CT molecular complexity index is 887. The summed E-state index contributed by atoms with van der Waals surface area (Å²) < 4.78 is 5.22. The van der Waals surface area contributed by atoms with Crippen LogP contribution in [-0.4, -0.2) is 35.9 Å². The quantitative estimate of drug-likeness (QED) is 0.520. The van der Waals surface area contributed by atoms with E-state index in [0.717, 1.165) is 17.7 Å². The largest absolute Gasteiger partial charge is 0.497 e. The lowest BCUT2D eigenvalue weighted by atomic mass is 10.1. The maximum absolute atomic E-state index is 13.4. The van der Waals surface area contributed by atoms with Crippen LogP contribution in [0.15, 0.2) is 42.5 Å². The van der Waals surface area contributed by atoms with Gasteiger partial charge in [-0.05, 0) is 55.2 Å². The summed E-state index contributed by atoms with van der Waals surface area (Å²) in [5, 5.41) is 3.95. The molecule has 31 heavy (non-hydrogen) atoms. The molecule has 2 rings (SSSR count). The second-order valence-electron chi connectivity index (χ2n) is 7.52. The van der Waals surface area contributed by atoms with Crippen LogP contribution >= 0.6 is 23.2 Å². The first-order valence-electron chi connectivity index (χ1n) is 10.5. The Morgan fingerprint density at radius 2 is 1.74 bits per heavy atom. The van der Waals surface area contributed by atoms with Crippen LogP contribution in [0.3, 0.4) is 0 Å². The van der Waals surface area contributed by atoms with E-state index >= 15 is 0 Å². The lowest BCUT2D eigenvalue weighted by Gasteiger charge is -2.31. The summed E-state index contributed by atoms with van der Waals surface area (Å²) >= 11 is 12.3. The molecule has 0 spiro atoms. The molecule has 0 heterocycles. The fraction of sp³-hybridized carbons (Fsp3) is 0.417. The fourth-order valence-corrected chi connectivity index (χ4v) is 3.69. The van der Waals surface area contributed by atoms with Crippen molar-refractivity contribution in [1.82, 2.24) is 10.2 Å². The van der Waals surface area contributed by atoms with Gasteiger partial charge in [0.2, 0.25) is 11.8 Å². The third-order valence-corrected chi connectivity index (χ3v) is 5.84. The summed E-state index contributed by atoms with van der Waals surface area (Å²) in [4.78, 5) is 28.0. The van der Waals surface area contributed by atoms with Crippen LogP contribution in [0.2, 0.25) is 10.0 Å². The van der Waals surface area contributed by atoms with Gasteiger partial charge in [0, 0.05) is 22.6 Å². The number of ether oxygens (including phenoxy) is 1. The molecule has 0 bridgehead atoms. The molecule has 2 aromatic rings. The number of hydrogen-bond acceptors (Lipinski definition) is 3. The minimum absolute atomic E-state index is 0.0326. The fourth-order valence-electron chi connectivity index (χ4n) is 3.22. The highest BCUT2D eigenvalue weighted by Crippen LogP contribution is 2.23. The van der Waals surface area contributed by atoms with Crippen molar-refractivity contribution in [3.05, 3.63) is 63.6 Å². The van der Waals surface area contributed by atoms with Crippen molar-refractivity contribution in [3.63, 3.8) is 0 Å². The molecule has 5 nitrogen and oxygen atoms in total. The first-order chi connectivity index (χ1) is 14.8. The molecule has 168 valence electrons. The number of methoxy groups -OCH3 is 1. The van der Waals surface area contributed by atoms with Crippen molar-refractivity contribution in [1.29, 1.82) is 0 Å². The number of nitrogens with one attached hydrogen (secondary N) is 1. The molecule has 2 amide bonds. The van der Waals surface area contributed by atoms with E-state index < -0.39 is 6.04 Å². The number of halogens is 2. The molecule has 0 fully saturated rings. The van der Waals surface area contributed by atoms with Gasteiger partial charge in [0.25, 0.3) is 0 Å². The lowest BCUT2D eigenvalue weighted by Crippen LogP contribution is -2.51. The Balaban J connectivity index is 2.31. The maximum Gasteiger partial charge on any atom is 0.243 e. The molecule has 2 aromatic carbocycles. The molecule has 0 unspecified atom stereocenters. The number of carbonyl (C=O) groups excluding carboxylic acids is 2. The van der Waals surface area contributed by atoms with Crippen molar-refractivity contribution in [2.75, 3.05) is 7.11 Å². The summed E-state index contributed by atoms with van der Waals surface area (Å²) in [5.41, 5.74) is 1.58. The zero-order chi connectivity index (χ0) is 23.0. The van der Waals surface area contributed by atoms with Crippen molar-refractivity contribution in [2.45, 2.75) is 58.7 Å². The molecule has 1 N–H and O–H groups in total. The van der Waals surface area contributed by atoms with E-state index in [1.807, 2.05) is 45.0 Å². The average molecular weight is 465 g/mol. The Hall–Kier alpha value is -2.24. The van der Waals surface area contributed by atoms with E-state index in [0.29, 0.717) is 28.6 Å². The van der Waals surface area contributed by atoms with Gasteiger partial charge in [-0.3, -0.25) is 9.59 Å². The summed E-state index contributed by atoms with van der Waals surface area (Å²) in [6.45, 7) is 6.17. The second-order valence-corrected chi connectivity index (χ2v) is 8.37. The SMILES string of the molecule is CC[C@H](C)NC(=O)[C@H](CC)N(Cc1ccc(OC)cc1)C(=O)Cc1ccc(Cl)cc1Cl. The van der Waals surface area contributed by atoms with Crippen molar-refractivity contribution >= 4 is 35.0 Å². The molecular weight excluding hydrogens is 435 g/mol. The van der Waals surface area contributed by atoms with Gasteiger partial charge in [0.1, 0.15) is 11.8 Å². The topological polar surface area (TPSA) is 58.6 Å². The summed E-state index contributed by atoms with van der Waals surface area (Å²) in [7, 11) is 1.60. The number of rotatable bonds is 10. The smallest absolute Gasteiger partial charge is 0.243 e. The summed E-state index contributed by atoms with van der Waals surface area (Å²) in [6.07, 6.45) is 1.40. The number of nitrogens with zero attached hydrogens (tertiary/aromatic N) is 1. The molecule has 0 saturated carbocycles. The van der Waals surface area contributed by atoms with Gasteiger partial charge in [0.15, 0.2) is 0 Å². The highest BCUT2D eigenvalue weighted by atomic mass is 35.5. The highest BCUT2D eigenvalue weighted by Gasteiger charge is 2.29. The monoisotopic (exact) mass is 464 g/mol. The van der Waals surface area contributed by atoms with Crippen LogP contribution in [0.25, 0.3) is 0 Å². The maximum atomic E-state index is 13.4. The minimum Gasteiger partial charge on any atom is -0.497 e. The van der Waals surface area contributed by atoms with E-state index in [1.165, 1.54) is 0 Å². The molecule has 0 aliphatic heterocycles. The standard InChI is InChI=1S/C24H30Cl2N2O3/c1-5-16(3)27-24(30)22(6-2)28(15-17-7-11-20(31-4)12-8-17)23(29)13-18-9-10-19(25)14-21(18)26/h7-12,14,16,22H,5-6,13,15H2,1-4H3,(H,27,30)/t16-,22-/m0/s1. The average Bonchev–Trinajstić information content (AvgIpc) is 2.75. The summed E-state index contributed by atoms with van der Waals surface area (Å²) in [6, 6.07) is 12.0. The first-order valence-corrected chi connectivity index (χ1v) is 11.2. The molecule has 0 aromatic heterocycles. The summed E-state index contributed by atoms with van der Waals surface area (Å²) in [5.74, 6) is 0.406. The highest BCUT2D eigenvalue weighted by molar-refractivity contribution is 6.35. The normalized spacial score (nSPS) is 12.7. The van der Waals surface area contributed by atoms with Gasteiger partial charge < -0.3 is 15.0 Å². The lowest BCUT2D eigenvalue weighted by molar-refractivity contribution is -0.141. The molecule has 0 radical (unpaired) electrons. The second kappa shape index (κ2) is 12.0. The molecule has 2 atom stereocenters. The molecular formula is C24H30Cl2N2O3. The number of carbonyl (C=O) groups is 2. The first kappa shape index (κ1) is 25.0. The Labute approximate surface area is 194 Å². The number of amides is 2.